The van der Waals surface area contributed by atoms with Crippen molar-refractivity contribution in [1.82, 2.24) is 5.32 Å². The number of hydrogen-bond acceptors (Lipinski definition) is 2. The molecule has 0 aromatic heterocycles. The summed E-state index contributed by atoms with van der Waals surface area (Å²) in [4.78, 5) is 0. The fraction of sp³-hybridized carbons (Fsp3) is 0.467. The number of benzene rings is 1. The van der Waals surface area contributed by atoms with Gasteiger partial charge in [-0.05, 0) is 32.8 Å². The third-order valence-electron chi connectivity index (χ3n) is 2.94. The molecule has 0 aliphatic carbocycles. The highest BCUT2D eigenvalue weighted by Crippen LogP contribution is 2.24. The number of hydrogen-bond donors (Lipinski definition) is 1. The van der Waals surface area contributed by atoms with E-state index in [4.69, 9.17) is 4.74 Å². The van der Waals surface area contributed by atoms with Crippen LogP contribution in [0, 0.1) is 0 Å². The molecule has 2 nitrogen and oxygen atoms in total. The number of ether oxygens (including phenoxy) is 1. The van der Waals surface area contributed by atoms with Crippen LogP contribution >= 0.6 is 0 Å². The van der Waals surface area contributed by atoms with Crippen LogP contribution in [0.4, 0.5) is 0 Å². The normalized spacial score (nSPS) is 14.1. The van der Waals surface area contributed by atoms with Gasteiger partial charge in [-0.1, -0.05) is 24.3 Å². The van der Waals surface area contributed by atoms with Crippen LogP contribution in [-0.4, -0.2) is 13.2 Å². The summed E-state index contributed by atoms with van der Waals surface area (Å²) in [5.41, 5.74) is 1.21. The molecule has 1 aromatic rings. The summed E-state index contributed by atoms with van der Waals surface area (Å²) in [6.45, 7) is 8.12. The Morgan fingerprint density at radius 2 is 2.06 bits per heavy atom. The van der Waals surface area contributed by atoms with Crippen molar-refractivity contribution in [2.24, 2.45) is 0 Å². The first-order chi connectivity index (χ1) is 8.19. The maximum atomic E-state index is 5.37. The summed E-state index contributed by atoms with van der Waals surface area (Å²) in [6.07, 6.45) is 4.13. The molecule has 0 aliphatic rings. The molecule has 1 N–H and O–H groups in total. The zero-order valence-electron chi connectivity index (χ0n) is 11.1. The van der Waals surface area contributed by atoms with Crippen LogP contribution < -0.4 is 10.1 Å². The Labute approximate surface area is 105 Å². The second kappa shape index (κ2) is 7.13. The van der Waals surface area contributed by atoms with Crippen LogP contribution in [0.25, 0.3) is 0 Å². The number of rotatable bonds is 7. The first-order valence-electron chi connectivity index (χ1n) is 6.19. The highest BCUT2D eigenvalue weighted by molar-refractivity contribution is 5.35. The molecular weight excluding hydrogens is 210 g/mol. The molecule has 2 atom stereocenters. The predicted octanol–water partition coefficient (Wildman–Crippen LogP) is 3.70. The average Bonchev–Trinajstić information content (AvgIpc) is 2.36. The average molecular weight is 233 g/mol. The molecule has 0 heterocycles. The van der Waals surface area contributed by atoms with Crippen molar-refractivity contribution in [2.75, 3.05) is 7.11 Å². The van der Waals surface area contributed by atoms with Gasteiger partial charge in [0.15, 0.2) is 0 Å². The second-order valence-corrected chi connectivity index (χ2v) is 4.40. The Hall–Kier alpha value is -1.28. The van der Waals surface area contributed by atoms with Crippen molar-refractivity contribution in [2.45, 2.75) is 38.8 Å². The summed E-state index contributed by atoms with van der Waals surface area (Å²) < 4.78 is 5.37. The van der Waals surface area contributed by atoms with Crippen LogP contribution in [0.15, 0.2) is 36.9 Å². The van der Waals surface area contributed by atoms with Gasteiger partial charge in [0, 0.05) is 17.6 Å². The molecule has 1 aromatic carbocycles. The third-order valence-corrected chi connectivity index (χ3v) is 2.94. The van der Waals surface area contributed by atoms with Crippen molar-refractivity contribution >= 4 is 0 Å². The van der Waals surface area contributed by atoms with Gasteiger partial charge in [-0.15, -0.1) is 6.58 Å². The van der Waals surface area contributed by atoms with E-state index in [9.17, 15) is 0 Å². The highest BCUT2D eigenvalue weighted by Gasteiger charge is 2.12. The highest BCUT2D eigenvalue weighted by atomic mass is 16.5. The van der Waals surface area contributed by atoms with E-state index in [1.165, 1.54) is 5.56 Å². The van der Waals surface area contributed by atoms with Gasteiger partial charge in [-0.2, -0.15) is 0 Å². The topological polar surface area (TPSA) is 21.3 Å². The molecule has 94 valence electrons. The quantitative estimate of drug-likeness (QED) is 0.725. The van der Waals surface area contributed by atoms with Crippen LogP contribution in [0.5, 0.6) is 5.75 Å². The van der Waals surface area contributed by atoms with Gasteiger partial charge in [0.2, 0.25) is 0 Å². The molecule has 0 radical (unpaired) electrons. The number of allylic oxidation sites excluding steroid dienone is 1. The van der Waals surface area contributed by atoms with Gasteiger partial charge in [0.1, 0.15) is 5.75 Å². The molecule has 0 saturated heterocycles. The van der Waals surface area contributed by atoms with Crippen LogP contribution in [0.2, 0.25) is 0 Å². The van der Waals surface area contributed by atoms with Gasteiger partial charge >= 0.3 is 0 Å². The molecule has 2 unspecified atom stereocenters. The third kappa shape index (κ3) is 4.23. The second-order valence-electron chi connectivity index (χ2n) is 4.40. The Morgan fingerprint density at radius 1 is 1.35 bits per heavy atom. The summed E-state index contributed by atoms with van der Waals surface area (Å²) in [5.74, 6) is 0.948. The lowest BCUT2D eigenvalue weighted by Crippen LogP contribution is -2.28. The van der Waals surface area contributed by atoms with E-state index < -0.39 is 0 Å². The van der Waals surface area contributed by atoms with E-state index in [2.05, 4.69) is 31.8 Å². The van der Waals surface area contributed by atoms with E-state index in [0.717, 1.165) is 18.6 Å². The minimum absolute atomic E-state index is 0.297. The zero-order chi connectivity index (χ0) is 12.7. The smallest absolute Gasteiger partial charge is 0.123 e. The molecule has 2 heteroatoms. The minimum Gasteiger partial charge on any atom is -0.496 e. The van der Waals surface area contributed by atoms with Crippen molar-refractivity contribution in [3.63, 3.8) is 0 Å². The molecule has 1 rings (SSSR count). The fourth-order valence-electron chi connectivity index (χ4n) is 1.99. The first-order valence-corrected chi connectivity index (χ1v) is 6.19. The molecular formula is C15H23NO. The monoisotopic (exact) mass is 233 g/mol. The van der Waals surface area contributed by atoms with Gasteiger partial charge < -0.3 is 10.1 Å². The van der Waals surface area contributed by atoms with Crippen molar-refractivity contribution in [3.05, 3.63) is 42.5 Å². The van der Waals surface area contributed by atoms with E-state index in [1.54, 1.807) is 7.11 Å². The summed E-state index contributed by atoms with van der Waals surface area (Å²) in [6, 6.07) is 8.93. The Kier molecular flexibility index (Phi) is 5.78. The van der Waals surface area contributed by atoms with Gasteiger partial charge in [0.25, 0.3) is 0 Å². The molecule has 0 saturated carbocycles. The Morgan fingerprint density at radius 3 is 2.71 bits per heavy atom. The molecule has 0 aliphatic heterocycles. The summed E-state index contributed by atoms with van der Waals surface area (Å²) in [7, 11) is 1.71. The molecule has 17 heavy (non-hydrogen) atoms. The van der Waals surface area contributed by atoms with E-state index in [0.29, 0.717) is 12.1 Å². The molecule has 0 amide bonds. The number of para-hydroxylation sites is 1. The lowest BCUT2D eigenvalue weighted by Gasteiger charge is -2.21. The molecule has 0 spiro atoms. The van der Waals surface area contributed by atoms with Crippen molar-refractivity contribution < 1.29 is 4.74 Å². The Bertz CT molecular complexity index is 349. The lowest BCUT2D eigenvalue weighted by molar-refractivity contribution is 0.393. The SMILES string of the molecule is C=CCCC(C)NC(C)c1ccccc1OC. The van der Waals surface area contributed by atoms with Gasteiger partial charge in [-0.25, -0.2) is 0 Å². The van der Waals surface area contributed by atoms with Gasteiger partial charge in [0.05, 0.1) is 7.11 Å². The van der Waals surface area contributed by atoms with Crippen LogP contribution in [0.1, 0.15) is 38.3 Å². The maximum absolute atomic E-state index is 5.37. The summed E-state index contributed by atoms with van der Waals surface area (Å²) in [5, 5.41) is 3.58. The predicted molar refractivity (Wildman–Crippen MR) is 73.4 cm³/mol. The lowest BCUT2D eigenvalue weighted by atomic mass is 10.1. The maximum Gasteiger partial charge on any atom is 0.123 e. The Balaban J connectivity index is 2.62. The number of nitrogens with one attached hydrogen (secondary N) is 1. The number of methoxy groups -OCH3 is 1. The molecule has 0 fully saturated rings. The molecule has 0 bridgehead atoms. The van der Waals surface area contributed by atoms with Crippen LogP contribution in [-0.2, 0) is 0 Å². The zero-order valence-corrected chi connectivity index (χ0v) is 11.1. The first kappa shape index (κ1) is 13.8. The van der Waals surface area contributed by atoms with E-state index in [-0.39, 0.29) is 0 Å². The van der Waals surface area contributed by atoms with Crippen molar-refractivity contribution in [3.8, 4) is 5.75 Å². The van der Waals surface area contributed by atoms with Crippen LogP contribution in [0.3, 0.4) is 0 Å². The minimum atomic E-state index is 0.297. The fourth-order valence-corrected chi connectivity index (χ4v) is 1.99. The standard InChI is InChI=1S/C15H23NO/c1-5-6-9-12(2)16-13(3)14-10-7-8-11-15(14)17-4/h5,7-8,10-13,16H,1,6,9H2,2-4H3. The largest absolute Gasteiger partial charge is 0.496 e. The van der Waals surface area contributed by atoms with E-state index >= 15 is 0 Å². The van der Waals surface area contributed by atoms with E-state index in [1.807, 2.05) is 24.3 Å². The summed E-state index contributed by atoms with van der Waals surface area (Å²) >= 11 is 0. The van der Waals surface area contributed by atoms with Crippen molar-refractivity contribution in [1.29, 1.82) is 0 Å². The van der Waals surface area contributed by atoms with Gasteiger partial charge in [-0.3, -0.25) is 0 Å².